The molecule has 5 aromatic heterocycles. The van der Waals surface area contributed by atoms with Gasteiger partial charge in [0.1, 0.15) is 17.1 Å². The topological polar surface area (TPSA) is 290 Å². The molecule has 476 valence electrons. The molecule has 21 heteroatoms. The van der Waals surface area contributed by atoms with E-state index in [4.69, 9.17) is 45.4 Å². The number of nitrogens with one attached hydrogen (secondary N) is 5. The van der Waals surface area contributed by atoms with E-state index < -0.39 is 17.3 Å². The number of likely N-dealkylation sites (N-methyl/N-ethyl adjacent to an activating group) is 2. The Bertz CT molecular complexity index is 4150. The Labute approximate surface area is 558 Å². The second-order valence-electron chi connectivity index (χ2n) is 23.3. The van der Waals surface area contributed by atoms with Gasteiger partial charge in [0.25, 0.3) is 5.91 Å². The number of carboxylic acids is 1. The van der Waals surface area contributed by atoms with E-state index in [9.17, 15) is 14.4 Å². The van der Waals surface area contributed by atoms with Crippen LogP contribution in [-0.2, 0) is 21.0 Å². The van der Waals surface area contributed by atoms with Crippen LogP contribution in [0.2, 0.25) is 0 Å². The summed E-state index contributed by atoms with van der Waals surface area (Å²) in [4.78, 5) is 70.8. The summed E-state index contributed by atoms with van der Waals surface area (Å²) >= 11 is 6.73. The second-order valence-corrected chi connectivity index (χ2v) is 25.2. The number of pyridine rings is 3. The minimum Gasteiger partial charge on any atom is -0.481 e. The molecule has 4 saturated carbocycles. The zero-order chi connectivity index (χ0) is 66.0. The number of rotatable bonds is 11. The molecule has 0 spiro atoms. The van der Waals surface area contributed by atoms with Gasteiger partial charge in [-0.3, -0.25) is 29.3 Å². The van der Waals surface area contributed by atoms with Crippen molar-refractivity contribution in [2.75, 3.05) is 30.9 Å². The number of nitrogens with zero attached hydrogens (tertiary/aromatic N) is 7. The van der Waals surface area contributed by atoms with Gasteiger partial charge in [0.15, 0.2) is 11.4 Å². The highest BCUT2D eigenvalue weighted by Gasteiger charge is 2.48. The molecule has 0 bridgehead atoms. The van der Waals surface area contributed by atoms with E-state index >= 15 is 0 Å². The summed E-state index contributed by atoms with van der Waals surface area (Å²) in [6, 6.07) is 49.5. The van der Waals surface area contributed by atoms with Crippen molar-refractivity contribution in [1.29, 1.82) is 0 Å². The average molecular weight is 1370 g/mol. The fraction of sp³-hybridized carbons (Fsp3) is 0.278. The number of nitrogen functional groups attached to an aromatic ring is 2. The van der Waals surface area contributed by atoms with Crippen LogP contribution in [0.5, 0.6) is 0 Å². The third-order valence-electron chi connectivity index (χ3n) is 17.7. The maximum Gasteiger partial charge on any atom is 0.315 e. The SMILES string of the molecule is Brc1ccc(C2(c3nc4ccccc4[nH]3)CCC2)nc1.CN[C@H]1CCCC[C@@H]1NC.Nc1ccccc1N.O=C(O)C1(c2ccc(Br)cn2)CCC1.[C-]#[N+]c1cccc(C(=O)Nc2ccc(C3(c4nc5ccccc5[nH]4)CCC3)nc2)c1.[C-]#[N+]c1cccc(C(N)=O)c1. The van der Waals surface area contributed by atoms with Gasteiger partial charge < -0.3 is 48.2 Å². The number of hydrogen-bond acceptors (Lipinski definition) is 12. The number of benzene rings is 5. The Kier molecular flexibility index (Phi) is 23.0. The Hall–Kier alpha value is -9.64. The number of aliphatic carboxylic acids is 1. The number of imidazole rings is 2. The van der Waals surface area contributed by atoms with Crippen LogP contribution < -0.4 is 33.2 Å². The molecule has 0 radical (unpaired) electrons. The first-order chi connectivity index (χ1) is 45.0. The predicted molar refractivity (Wildman–Crippen MR) is 374 cm³/mol. The maximum absolute atomic E-state index is 12.5. The smallest absolute Gasteiger partial charge is 0.315 e. The summed E-state index contributed by atoms with van der Waals surface area (Å²) in [5, 5.41) is 18.7. The molecule has 2 atom stereocenters. The number of carboxylic acid groups (broad SMARTS) is 1. The number of H-pyrrole nitrogens is 2. The van der Waals surface area contributed by atoms with Gasteiger partial charge in [0, 0.05) is 44.5 Å². The number of carbonyl (C=O) groups excluding carboxylic acids is 2. The highest BCUT2D eigenvalue weighted by Crippen LogP contribution is 2.49. The minimum absolute atomic E-state index is 0.0281. The number of aromatic nitrogens is 7. The fourth-order valence-corrected chi connectivity index (χ4v) is 12.3. The van der Waals surface area contributed by atoms with Crippen molar-refractivity contribution in [1.82, 2.24) is 45.5 Å². The molecule has 5 heterocycles. The summed E-state index contributed by atoms with van der Waals surface area (Å²) in [6.45, 7) is 13.7. The Morgan fingerprint density at radius 3 is 1.37 bits per heavy atom. The van der Waals surface area contributed by atoms with Crippen molar-refractivity contribution < 1.29 is 19.5 Å². The summed E-state index contributed by atoms with van der Waals surface area (Å²) < 4.78 is 1.89. The standard InChI is InChI=1S/C24H19N5O.C16H14BrN3.C10H10BrNO2.C8H6N2O.C8H18N2.C6H8N2/c1-25-17-7-4-6-16(14-17)22(30)27-18-10-11-21(26-15-18)24(12-5-13-24)23-28-19-8-2-3-9-20(19)29-23;17-11-6-7-14(18-10-11)16(8-3-9-16)15-19-12-4-1-2-5-13(12)20-15;11-7-2-3-8(12-6-7)10(9(13)14)4-1-5-10;1-10-7-4-2-3-6(5-7)8(9)11;1-9-7-5-3-4-6-8(7)10-2;7-5-3-1-2-4-6(5)8/h2-4,6-11,14-15H,5,12-13H2,(H,27,30)(H,28,29);1-2,4-7,10H,3,8-9H2,(H,19,20);2-3,6H,1,4-5H2,(H,13,14);2-5H,(H2,9,11);7-10H,3-6H2,1-2H3;1-4H,7-8H2/t;;;;7-,8-;/m....0./s1. The Morgan fingerprint density at radius 2 is 0.989 bits per heavy atom. The molecule has 4 aliphatic rings. The molecule has 5 aromatic carbocycles. The monoisotopic (exact) mass is 1370 g/mol. The molecule has 14 rings (SSSR count). The lowest BCUT2D eigenvalue weighted by atomic mass is 9.66. The highest BCUT2D eigenvalue weighted by atomic mass is 79.9. The van der Waals surface area contributed by atoms with Gasteiger partial charge in [0.05, 0.1) is 86.4 Å². The highest BCUT2D eigenvalue weighted by molar-refractivity contribution is 9.10. The van der Waals surface area contributed by atoms with Crippen molar-refractivity contribution in [3.63, 3.8) is 0 Å². The average Bonchev–Trinajstić information content (AvgIpc) is 1.72. The number of anilines is 3. The first-order valence-electron chi connectivity index (χ1n) is 30.9. The molecule has 12 N–H and O–H groups in total. The summed E-state index contributed by atoms with van der Waals surface area (Å²) in [6.07, 6.45) is 19.6. The van der Waals surface area contributed by atoms with Gasteiger partial charge in [-0.25, -0.2) is 19.7 Å². The predicted octanol–water partition coefficient (Wildman–Crippen LogP) is 14.7. The van der Waals surface area contributed by atoms with Crippen LogP contribution in [0.15, 0.2) is 185 Å². The summed E-state index contributed by atoms with van der Waals surface area (Å²) in [7, 11) is 4.11. The second kappa shape index (κ2) is 31.6. The molecule has 10 aromatic rings. The number of hydrogen-bond donors (Lipinski definition) is 9. The van der Waals surface area contributed by atoms with E-state index in [0.29, 0.717) is 70.2 Å². The minimum atomic E-state index is -0.751. The third kappa shape index (κ3) is 16.3. The zero-order valence-corrected chi connectivity index (χ0v) is 55.1. The van der Waals surface area contributed by atoms with E-state index in [-0.39, 0.29) is 16.7 Å². The normalized spacial score (nSPS) is 16.7. The van der Waals surface area contributed by atoms with Gasteiger partial charge in [-0.05, 0) is 182 Å². The molecule has 0 unspecified atom stereocenters. The van der Waals surface area contributed by atoms with Crippen LogP contribution in [0.3, 0.4) is 0 Å². The largest absolute Gasteiger partial charge is 0.481 e. The number of amides is 2. The molecule has 4 fully saturated rings. The lowest BCUT2D eigenvalue weighted by molar-refractivity contribution is -0.147. The summed E-state index contributed by atoms with van der Waals surface area (Å²) in [5.74, 6) is 0.495. The van der Waals surface area contributed by atoms with E-state index in [1.807, 2.05) is 72.9 Å². The molecule has 0 saturated heterocycles. The van der Waals surface area contributed by atoms with Crippen molar-refractivity contribution in [2.24, 2.45) is 5.73 Å². The molecular formula is C72H75Br2N15O4. The number of aromatic amines is 2. The van der Waals surface area contributed by atoms with Crippen LogP contribution in [0, 0.1) is 13.1 Å². The lowest BCUT2D eigenvalue weighted by Crippen LogP contribution is -2.47. The number of primary amides is 1. The molecule has 19 nitrogen and oxygen atoms in total. The molecular weight excluding hydrogens is 1300 g/mol. The van der Waals surface area contributed by atoms with Gasteiger partial charge >= 0.3 is 5.97 Å². The fourth-order valence-electron chi connectivity index (χ4n) is 11.8. The van der Waals surface area contributed by atoms with Crippen molar-refractivity contribution >= 4 is 100 Å². The number of nitrogens with two attached hydrogens (primary N) is 3. The van der Waals surface area contributed by atoms with Crippen LogP contribution in [0.1, 0.15) is 133 Å². The number of para-hydroxylation sites is 6. The first-order valence-corrected chi connectivity index (χ1v) is 32.5. The maximum atomic E-state index is 12.5. The Morgan fingerprint density at radius 1 is 0.548 bits per heavy atom. The van der Waals surface area contributed by atoms with Crippen LogP contribution in [-0.4, -0.2) is 84.0 Å². The first kappa shape index (κ1) is 67.7. The van der Waals surface area contributed by atoms with Crippen molar-refractivity contribution in [3.8, 4) is 0 Å². The third-order valence-corrected chi connectivity index (χ3v) is 18.6. The Balaban J connectivity index is 0.000000141. The molecule has 0 aliphatic heterocycles. The van der Waals surface area contributed by atoms with E-state index in [0.717, 1.165) is 92.6 Å². The molecule has 2 amide bonds. The van der Waals surface area contributed by atoms with E-state index in [1.54, 1.807) is 73.1 Å². The van der Waals surface area contributed by atoms with Gasteiger partial charge in [-0.15, -0.1) is 0 Å². The van der Waals surface area contributed by atoms with Crippen molar-refractivity contribution in [2.45, 2.75) is 112 Å². The van der Waals surface area contributed by atoms with Crippen LogP contribution >= 0.6 is 31.9 Å². The summed E-state index contributed by atoms with van der Waals surface area (Å²) in [5.41, 5.74) is 25.3. The number of fused-ring (bicyclic) bond motifs is 2. The molecule has 93 heavy (non-hydrogen) atoms. The zero-order valence-electron chi connectivity index (χ0n) is 51.9. The van der Waals surface area contributed by atoms with Gasteiger partial charge in [-0.1, -0.05) is 105 Å². The lowest BCUT2D eigenvalue weighted by Gasteiger charge is -2.39. The van der Waals surface area contributed by atoms with E-state index in [1.165, 1.54) is 38.2 Å². The van der Waals surface area contributed by atoms with Gasteiger partial charge in [0.2, 0.25) is 5.91 Å². The van der Waals surface area contributed by atoms with Crippen LogP contribution in [0.4, 0.5) is 28.4 Å². The van der Waals surface area contributed by atoms with Gasteiger partial charge in [-0.2, -0.15) is 0 Å². The molecule has 4 aliphatic carbocycles. The van der Waals surface area contributed by atoms with E-state index in [2.05, 4.69) is 121 Å². The number of halogens is 2. The van der Waals surface area contributed by atoms with Crippen molar-refractivity contribution in [3.05, 3.63) is 248 Å². The van der Waals surface area contributed by atoms with Crippen LogP contribution in [0.25, 0.3) is 31.8 Å². The quantitative estimate of drug-likeness (QED) is 0.0431. The number of carbonyl (C=O) groups is 3.